The average Bonchev–Trinajstić information content (AvgIpc) is 2.68. The van der Waals surface area contributed by atoms with E-state index in [2.05, 4.69) is 65.8 Å². The average molecular weight is 441 g/mol. The highest BCUT2D eigenvalue weighted by Crippen LogP contribution is 2.12. The van der Waals surface area contributed by atoms with Gasteiger partial charge in [0.1, 0.15) is 12.6 Å². The lowest BCUT2D eigenvalue weighted by Gasteiger charge is -2.00. The molecule has 0 heterocycles. The lowest BCUT2D eigenvalue weighted by Crippen LogP contribution is -1.81. The molecule has 0 amide bonds. The molecule has 0 radical (unpaired) electrons. The van der Waals surface area contributed by atoms with E-state index in [0.29, 0.717) is 0 Å². The lowest BCUT2D eigenvalue weighted by atomic mass is 10.1. The van der Waals surface area contributed by atoms with Crippen molar-refractivity contribution >= 4 is 12.6 Å². The van der Waals surface area contributed by atoms with Gasteiger partial charge >= 0.3 is 0 Å². The van der Waals surface area contributed by atoms with Gasteiger partial charge in [0.15, 0.2) is 0 Å². The molecule has 0 aromatic carbocycles. The maximum atomic E-state index is 10.2. The molecule has 32 heavy (non-hydrogen) atoms. The van der Waals surface area contributed by atoms with Crippen molar-refractivity contribution in [1.82, 2.24) is 0 Å². The molecule has 0 saturated carbocycles. The Morgan fingerprint density at radius 1 is 0.438 bits per heavy atom. The first kappa shape index (κ1) is 32.0. The number of aldehydes is 2. The molecular formula is C30H48O2. The Kier molecular flexibility index (Phi) is 22.0. The molecule has 0 rings (SSSR count). The van der Waals surface area contributed by atoms with Crippen molar-refractivity contribution in [2.45, 2.75) is 107 Å². The van der Waals surface area contributed by atoms with Crippen LogP contribution in [0.4, 0.5) is 0 Å². The van der Waals surface area contributed by atoms with Crippen molar-refractivity contribution in [3.63, 3.8) is 0 Å². The van der Waals surface area contributed by atoms with E-state index in [9.17, 15) is 9.59 Å². The summed E-state index contributed by atoms with van der Waals surface area (Å²) in [5.74, 6) is 0. The fraction of sp³-hybridized carbons (Fsp3) is 0.533. The first-order valence-corrected chi connectivity index (χ1v) is 11.9. The quantitative estimate of drug-likeness (QED) is 0.153. The molecule has 0 aromatic rings. The minimum Gasteiger partial charge on any atom is -0.299 e. The summed E-state index contributed by atoms with van der Waals surface area (Å²) < 4.78 is 0. The van der Waals surface area contributed by atoms with Gasteiger partial charge in [0.25, 0.3) is 0 Å². The SMILES string of the molecule is CC(C)=CCC/C(C)=C/CC/C(C)=C/C=O.CC(C)=CCC/C(C)=C/CC/C(C)=C\C=O. The molecule has 0 aliphatic carbocycles. The zero-order chi connectivity index (χ0) is 24.8. The second-order valence-electron chi connectivity index (χ2n) is 9.12. The monoisotopic (exact) mass is 440 g/mol. The Hall–Kier alpha value is -2.22. The van der Waals surface area contributed by atoms with E-state index in [-0.39, 0.29) is 0 Å². The molecule has 0 aromatic heterocycles. The van der Waals surface area contributed by atoms with Crippen LogP contribution < -0.4 is 0 Å². The third-order valence-electron chi connectivity index (χ3n) is 4.95. The summed E-state index contributed by atoms with van der Waals surface area (Å²) in [5.41, 5.74) is 7.97. The van der Waals surface area contributed by atoms with Gasteiger partial charge in [-0.05, 0) is 119 Å². The smallest absolute Gasteiger partial charge is 0.142 e. The zero-order valence-corrected chi connectivity index (χ0v) is 22.1. The maximum absolute atomic E-state index is 10.2. The van der Waals surface area contributed by atoms with Gasteiger partial charge in [-0.3, -0.25) is 9.59 Å². The third-order valence-corrected chi connectivity index (χ3v) is 4.95. The van der Waals surface area contributed by atoms with Crippen LogP contribution in [0.15, 0.2) is 69.9 Å². The van der Waals surface area contributed by atoms with Crippen molar-refractivity contribution < 1.29 is 9.59 Å². The second-order valence-corrected chi connectivity index (χ2v) is 9.12. The van der Waals surface area contributed by atoms with E-state index in [1.165, 1.54) is 22.3 Å². The number of rotatable bonds is 14. The third kappa shape index (κ3) is 25.8. The van der Waals surface area contributed by atoms with Gasteiger partial charge in [-0.25, -0.2) is 0 Å². The Labute approximate surface area is 199 Å². The standard InChI is InChI=1S/2C15H24O/c2*1-13(2)7-5-8-14(3)9-6-10-15(4)11-12-16/h2*7,9,11-12H,5-6,8,10H2,1-4H3/b14-9+,15-11+;14-9+,15-11-. The molecule has 0 fully saturated rings. The summed E-state index contributed by atoms with van der Waals surface area (Å²) in [4.78, 5) is 20.4. The fourth-order valence-corrected chi connectivity index (χ4v) is 2.87. The van der Waals surface area contributed by atoms with E-state index in [1.54, 1.807) is 12.2 Å². The minimum atomic E-state index is 0.862. The molecule has 180 valence electrons. The van der Waals surface area contributed by atoms with Crippen molar-refractivity contribution in [3.8, 4) is 0 Å². The van der Waals surface area contributed by atoms with Crippen LogP contribution in [0, 0.1) is 0 Å². The molecule has 0 aliphatic rings. The van der Waals surface area contributed by atoms with Gasteiger partial charge in [-0.1, -0.05) is 57.7 Å². The molecular weight excluding hydrogens is 392 g/mol. The second kappa shape index (κ2) is 22.0. The molecule has 0 spiro atoms. The van der Waals surface area contributed by atoms with E-state index >= 15 is 0 Å². The molecule has 2 nitrogen and oxygen atoms in total. The van der Waals surface area contributed by atoms with Crippen LogP contribution in [-0.4, -0.2) is 12.6 Å². The summed E-state index contributed by atoms with van der Waals surface area (Å²) in [6, 6.07) is 0. The summed E-state index contributed by atoms with van der Waals surface area (Å²) in [7, 11) is 0. The molecule has 0 saturated heterocycles. The van der Waals surface area contributed by atoms with Gasteiger partial charge in [0, 0.05) is 0 Å². The van der Waals surface area contributed by atoms with Gasteiger partial charge in [-0.15, -0.1) is 0 Å². The van der Waals surface area contributed by atoms with E-state index < -0.39 is 0 Å². The molecule has 0 aliphatic heterocycles. The van der Waals surface area contributed by atoms with E-state index in [0.717, 1.165) is 75.1 Å². The van der Waals surface area contributed by atoms with Gasteiger partial charge in [-0.2, -0.15) is 0 Å². The summed E-state index contributed by atoms with van der Waals surface area (Å²) >= 11 is 0. The number of hydrogen-bond acceptors (Lipinski definition) is 2. The number of carbonyl (C=O) groups excluding carboxylic acids is 2. The minimum absolute atomic E-state index is 0.862. The van der Waals surface area contributed by atoms with Gasteiger partial charge in [0.05, 0.1) is 0 Å². The van der Waals surface area contributed by atoms with E-state index in [4.69, 9.17) is 0 Å². The van der Waals surface area contributed by atoms with Crippen LogP contribution in [0.1, 0.15) is 107 Å². The van der Waals surface area contributed by atoms with Crippen LogP contribution in [0.3, 0.4) is 0 Å². The molecule has 0 bridgehead atoms. The van der Waals surface area contributed by atoms with Crippen LogP contribution in [0.5, 0.6) is 0 Å². The number of carbonyl (C=O) groups is 2. The summed E-state index contributed by atoms with van der Waals surface area (Å²) in [6.07, 6.45) is 22.7. The fourth-order valence-electron chi connectivity index (χ4n) is 2.87. The molecule has 2 heteroatoms. The normalized spacial score (nSPS) is 12.5. The topological polar surface area (TPSA) is 34.1 Å². The van der Waals surface area contributed by atoms with Crippen molar-refractivity contribution in [2.24, 2.45) is 0 Å². The van der Waals surface area contributed by atoms with Crippen molar-refractivity contribution in [3.05, 3.63) is 69.9 Å². The van der Waals surface area contributed by atoms with Gasteiger partial charge < -0.3 is 0 Å². The highest BCUT2D eigenvalue weighted by molar-refractivity contribution is 5.66. The van der Waals surface area contributed by atoms with Crippen molar-refractivity contribution in [1.29, 1.82) is 0 Å². The predicted octanol–water partition coefficient (Wildman–Crippen LogP) is 9.21. The molecule has 0 atom stereocenters. The zero-order valence-electron chi connectivity index (χ0n) is 22.1. The van der Waals surface area contributed by atoms with Gasteiger partial charge in [0.2, 0.25) is 0 Å². The van der Waals surface area contributed by atoms with Crippen LogP contribution in [0.25, 0.3) is 0 Å². The molecule has 0 N–H and O–H groups in total. The first-order chi connectivity index (χ1) is 15.1. The lowest BCUT2D eigenvalue weighted by molar-refractivity contribution is -0.104. The highest BCUT2D eigenvalue weighted by Gasteiger charge is 1.92. The molecule has 0 unspecified atom stereocenters. The van der Waals surface area contributed by atoms with Crippen LogP contribution in [-0.2, 0) is 9.59 Å². The highest BCUT2D eigenvalue weighted by atomic mass is 16.1. The van der Waals surface area contributed by atoms with Crippen molar-refractivity contribution in [2.75, 3.05) is 0 Å². The maximum Gasteiger partial charge on any atom is 0.142 e. The Morgan fingerprint density at radius 2 is 0.719 bits per heavy atom. The Morgan fingerprint density at radius 3 is 1.00 bits per heavy atom. The first-order valence-electron chi connectivity index (χ1n) is 11.9. The number of allylic oxidation sites excluding steroid dienone is 12. The largest absolute Gasteiger partial charge is 0.299 e. The predicted molar refractivity (Wildman–Crippen MR) is 143 cm³/mol. The number of hydrogen-bond donors (Lipinski definition) is 0. The summed E-state index contributed by atoms with van der Waals surface area (Å²) in [5, 5.41) is 0. The summed E-state index contributed by atoms with van der Waals surface area (Å²) in [6.45, 7) is 16.9. The van der Waals surface area contributed by atoms with E-state index in [1.807, 2.05) is 13.8 Å². The Balaban J connectivity index is 0. The Bertz CT molecular complexity index is 639. The van der Waals surface area contributed by atoms with Crippen LogP contribution >= 0.6 is 0 Å². The van der Waals surface area contributed by atoms with Crippen LogP contribution in [0.2, 0.25) is 0 Å².